The van der Waals surface area contributed by atoms with E-state index >= 15 is 0 Å². The quantitative estimate of drug-likeness (QED) is 0.104. The van der Waals surface area contributed by atoms with Gasteiger partial charge in [0.1, 0.15) is 26.4 Å². The van der Waals surface area contributed by atoms with Gasteiger partial charge >= 0.3 is 23.9 Å². The lowest BCUT2D eigenvalue weighted by atomic mass is 9.82. The van der Waals surface area contributed by atoms with Crippen molar-refractivity contribution in [3.63, 3.8) is 0 Å². The molecule has 0 N–H and O–H groups in total. The summed E-state index contributed by atoms with van der Waals surface area (Å²) in [6.45, 7) is 4.54. The Balaban J connectivity index is 5.73. The van der Waals surface area contributed by atoms with E-state index in [1.54, 1.807) is 6.92 Å². The third-order valence-corrected chi connectivity index (χ3v) is 5.80. The lowest BCUT2D eigenvalue weighted by molar-refractivity contribution is -0.157. The second-order valence-electron chi connectivity index (χ2n) is 8.75. The molecule has 222 valence electrons. The summed E-state index contributed by atoms with van der Waals surface area (Å²) in [7, 11) is 5.95. The maximum absolute atomic E-state index is 13.0. The van der Waals surface area contributed by atoms with Gasteiger partial charge in [-0.1, -0.05) is 13.8 Å². The van der Waals surface area contributed by atoms with Crippen LogP contribution < -0.4 is 0 Å². The fraction of sp³-hybridized carbons (Fsp3) is 0.846. The van der Waals surface area contributed by atoms with Crippen molar-refractivity contribution in [2.24, 2.45) is 23.7 Å². The molecular weight excluding hydrogens is 504 g/mol. The van der Waals surface area contributed by atoms with Crippen LogP contribution in [0.2, 0.25) is 0 Å². The minimum Gasteiger partial charge on any atom is -0.463 e. The van der Waals surface area contributed by atoms with Gasteiger partial charge in [-0.15, -0.1) is 0 Å². The monoisotopic (exact) mass is 550 g/mol. The molecule has 0 saturated heterocycles. The molecule has 0 rings (SSSR count). The van der Waals surface area contributed by atoms with Crippen LogP contribution >= 0.6 is 0 Å². The van der Waals surface area contributed by atoms with Gasteiger partial charge in [0, 0.05) is 28.4 Å². The molecule has 0 radical (unpaired) electrons. The number of hydrogen-bond donors (Lipinski definition) is 0. The zero-order valence-electron chi connectivity index (χ0n) is 23.7. The first-order chi connectivity index (χ1) is 18.2. The van der Waals surface area contributed by atoms with Gasteiger partial charge in [0.15, 0.2) is 0 Å². The third-order valence-electron chi connectivity index (χ3n) is 5.80. The second kappa shape index (κ2) is 22.7. The number of esters is 4. The third kappa shape index (κ3) is 15.9. The van der Waals surface area contributed by atoms with Gasteiger partial charge in [0.05, 0.1) is 50.1 Å². The van der Waals surface area contributed by atoms with Crippen LogP contribution in [0.3, 0.4) is 0 Å². The van der Waals surface area contributed by atoms with Crippen LogP contribution in [0.1, 0.15) is 39.5 Å². The van der Waals surface area contributed by atoms with E-state index in [-0.39, 0.29) is 72.1 Å². The molecule has 0 saturated carbocycles. The van der Waals surface area contributed by atoms with E-state index in [0.29, 0.717) is 6.42 Å². The molecule has 0 heterocycles. The number of carbonyl (C=O) groups excluding carboxylic acids is 4. The average molecular weight is 551 g/mol. The highest BCUT2D eigenvalue weighted by molar-refractivity contribution is 5.79. The molecule has 4 unspecified atom stereocenters. The summed E-state index contributed by atoms with van der Waals surface area (Å²) in [6.07, 6.45) is 0.602. The van der Waals surface area contributed by atoms with Gasteiger partial charge in [0.2, 0.25) is 0 Å². The number of carbonyl (C=O) groups is 4. The van der Waals surface area contributed by atoms with Crippen LogP contribution in [-0.4, -0.2) is 105 Å². The van der Waals surface area contributed by atoms with Crippen LogP contribution in [0.4, 0.5) is 0 Å². The SMILES string of the molecule is CCC(CC(CC(CC(C)C(=O)OCCOC)C(=O)OCCOC)C(=O)OCCOC)C(=O)OCCOC. The van der Waals surface area contributed by atoms with Gasteiger partial charge in [-0.25, -0.2) is 0 Å². The summed E-state index contributed by atoms with van der Waals surface area (Å²) < 4.78 is 40.8. The predicted molar refractivity (Wildman–Crippen MR) is 135 cm³/mol. The van der Waals surface area contributed by atoms with E-state index in [1.807, 2.05) is 6.92 Å². The molecule has 0 aromatic heterocycles. The number of methoxy groups -OCH3 is 4. The fourth-order valence-electron chi connectivity index (χ4n) is 3.61. The van der Waals surface area contributed by atoms with Crippen molar-refractivity contribution in [2.45, 2.75) is 39.5 Å². The molecule has 0 spiro atoms. The van der Waals surface area contributed by atoms with Crippen molar-refractivity contribution >= 4 is 23.9 Å². The standard InChI is InChI=1S/C26H46O12/c1-7-20(24(28)36-13-9-32-4)17-22(26(30)38-15-11-34-6)18-21(25(29)37-14-10-33-5)16-19(2)23(27)35-12-8-31-3/h19-22H,7-18H2,1-6H3. The van der Waals surface area contributed by atoms with Crippen molar-refractivity contribution in [3.05, 3.63) is 0 Å². The smallest absolute Gasteiger partial charge is 0.309 e. The Morgan fingerprint density at radius 1 is 0.474 bits per heavy atom. The molecule has 0 fully saturated rings. The molecule has 0 aliphatic rings. The minimum absolute atomic E-state index is 0.00910. The summed E-state index contributed by atoms with van der Waals surface area (Å²) in [6, 6.07) is 0. The zero-order valence-corrected chi connectivity index (χ0v) is 23.7. The van der Waals surface area contributed by atoms with Crippen molar-refractivity contribution in [1.82, 2.24) is 0 Å². The van der Waals surface area contributed by atoms with E-state index in [2.05, 4.69) is 0 Å². The van der Waals surface area contributed by atoms with Gasteiger partial charge in [-0.05, 0) is 25.7 Å². The summed E-state index contributed by atoms with van der Waals surface area (Å²) in [5, 5.41) is 0. The Hall–Kier alpha value is -2.28. The van der Waals surface area contributed by atoms with Crippen molar-refractivity contribution in [2.75, 3.05) is 81.3 Å². The first kappa shape index (κ1) is 35.7. The topological polar surface area (TPSA) is 142 Å². The summed E-state index contributed by atoms with van der Waals surface area (Å²) in [4.78, 5) is 51.1. The van der Waals surface area contributed by atoms with Crippen LogP contribution in [0.5, 0.6) is 0 Å². The van der Waals surface area contributed by atoms with E-state index in [1.165, 1.54) is 28.4 Å². The molecule has 38 heavy (non-hydrogen) atoms. The first-order valence-electron chi connectivity index (χ1n) is 12.9. The molecule has 12 nitrogen and oxygen atoms in total. The van der Waals surface area contributed by atoms with Gasteiger partial charge in [-0.3, -0.25) is 19.2 Å². The molecule has 4 atom stereocenters. The Morgan fingerprint density at radius 3 is 1.16 bits per heavy atom. The molecule has 0 aliphatic heterocycles. The number of hydrogen-bond acceptors (Lipinski definition) is 12. The Kier molecular flexibility index (Phi) is 21.3. The van der Waals surface area contributed by atoms with Crippen molar-refractivity contribution < 1.29 is 57.1 Å². The van der Waals surface area contributed by atoms with Crippen LogP contribution in [0.25, 0.3) is 0 Å². The van der Waals surface area contributed by atoms with Crippen molar-refractivity contribution in [1.29, 1.82) is 0 Å². The maximum atomic E-state index is 13.0. The average Bonchev–Trinajstić information content (AvgIpc) is 2.90. The minimum atomic E-state index is -0.834. The fourth-order valence-corrected chi connectivity index (χ4v) is 3.61. The number of ether oxygens (including phenoxy) is 8. The van der Waals surface area contributed by atoms with E-state index < -0.39 is 47.5 Å². The van der Waals surface area contributed by atoms with Crippen LogP contribution in [-0.2, 0) is 57.1 Å². The molecule has 12 heteroatoms. The van der Waals surface area contributed by atoms with Crippen molar-refractivity contribution in [3.8, 4) is 0 Å². The summed E-state index contributed by atoms with van der Waals surface area (Å²) >= 11 is 0. The molecule has 0 aromatic rings. The first-order valence-corrected chi connectivity index (χ1v) is 12.9. The van der Waals surface area contributed by atoms with Gasteiger partial charge in [0.25, 0.3) is 0 Å². The lowest BCUT2D eigenvalue weighted by Crippen LogP contribution is -2.32. The maximum Gasteiger partial charge on any atom is 0.309 e. The molecular formula is C26H46O12. The highest BCUT2D eigenvalue weighted by Crippen LogP contribution is 2.29. The predicted octanol–water partition coefficient (Wildman–Crippen LogP) is 1.81. The molecule has 0 amide bonds. The number of rotatable bonds is 23. The lowest BCUT2D eigenvalue weighted by Gasteiger charge is -2.25. The summed E-state index contributed by atoms with van der Waals surface area (Å²) in [5.41, 5.74) is 0. The highest BCUT2D eigenvalue weighted by Gasteiger charge is 2.35. The highest BCUT2D eigenvalue weighted by atomic mass is 16.6. The molecule has 0 bridgehead atoms. The zero-order chi connectivity index (χ0) is 28.8. The molecule has 0 aliphatic carbocycles. The Bertz CT molecular complexity index is 669. The van der Waals surface area contributed by atoms with E-state index in [9.17, 15) is 19.2 Å². The Labute approximate surface area is 225 Å². The van der Waals surface area contributed by atoms with Crippen LogP contribution in [0.15, 0.2) is 0 Å². The van der Waals surface area contributed by atoms with Crippen LogP contribution in [0, 0.1) is 23.7 Å². The largest absolute Gasteiger partial charge is 0.463 e. The van der Waals surface area contributed by atoms with Gasteiger partial charge < -0.3 is 37.9 Å². The second-order valence-corrected chi connectivity index (χ2v) is 8.75. The van der Waals surface area contributed by atoms with E-state index in [4.69, 9.17) is 37.9 Å². The van der Waals surface area contributed by atoms with E-state index in [0.717, 1.165) is 0 Å². The normalized spacial score (nSPS) is 14.2. The Morgan fingerprint density at radius 2 is 0.789 bits per heavy atom. The van der Waals surface area contributed by atoms with Gasteiger partial charge in [-0.2, -0.15) is 0 Å². The molecule has 0 aromatic carbocycles. The summed E-state index contributed by atoms with van der Waals surface area (Å²) in [5.74, 6) is -5.04.